The summed E-state index contributed by atoms with van der Waals surface area (Å²) in [7, 11) is 0. The Kier molecular flexibility index (Phi) is 2.61. The van der Waals surface area contributed by atoms with Gasteiger partial charge in [-0.25, -0.2) is 0 Å². The molecule has 2 rings (SSSR count). The maximum absolute atomic E-state index is 5.10. The molecule has 0 aromatic carbocycles. The second kappa shape index (κ2) is 3.90. The van der Waals surface area contributed by atoms with Crippen molar-refractivity contribution in [1.82, 2.24) is 4.90 Å². The molecule has 0 bridgehead atoms. The van der Waals surface area contributed by atoms with Gasteiger partial charge in [-0.15, -0.1) is 0 Å². The van der Waals surface area contributed by atoms with Crippen molar-refractivity contribution >= 4 is 11.8 Å². The van der Waals surface area contributed by atoms with Crippen molar-refractivity contribution in [2.75, 3.05) is 31.2 Å². The fourth-order valence-electron chi connectivity index (χ4n) is 1.43. The molecule has 1 fully saturated rings. The number of allylic oxidation sites excluding steroid dienone is 1. The van der Waals surface area contributed by atoms with Gasteiger partial charge in [-0.05, 0) is 12.2 Å². The van der Waals surface area contributed by atoms with Gasteiger partial charge in [0.2, 0.25) is 0 Å². The van der Waals surface area contributed by atoms with Crippen LogP contribution >= 0.6 is 11.8 Å². The largest absolute Gasteiger partial charge is 0.497 e. The molecule has 0 aliphatic carbocycles. The van der Waals surface area contributed by atoms with Crippen molar-refractivity contribution in [2.24, 2.45) is 0 Å². The Labute approximate surface area is 77.3 Å². The summed E-state index contributed by atoms with van der Waals surface area (Å²) >= 11 is 2.04. The van der Waals surface area contributed by atoms with Crippen LogP contribution in [-0.4, -0.2) is 36.1 Å². The van der Waals surface area contributed by atoms with E-state index in [0.717, 1.165) is 6.61 Å². The van der Waals surface area contributed by atoms with Crippen molar-refractivity contribution in [3.05, 3.63) is 24.1 Å². The molecular weight excluding hydrogens is 170 g/mol. The van der Waals surface area contributed by atoms with Gasteiger partial charge in [0.25, 0.3) is 0 Å². The molecule has 1 saturated heterocycles. The third-order valence-corrected chi connectivity index (χ3v) is 3.04. The minimum atomic E-state index is 0.732. The first-order valence-electron chi connectivity index (χ1n) is 4.28. The highest BCUT2D eigenvalue weighted by atomic mass is 32.2. The van der Waals surface area contributed by atoms with Crippen molar-refractivity contribution in [2.45, 2.75) is 0 Å². The molecule has 0 N–H and O–H groups in total. The third kappa shape index (κ3) is 1.78. The summed E-state index contributed by atoms with van der Waals surface area (Å²) in [6.07, 6.45) is 5.99. The fraction of sp³-hybridized carbons (Fsp3) is 0.556. The van der Waals surface area contributed by atoms with Gasteiger partial charge in [0.15, 0.2) is 0 Å². The smallest absolute Gasteiger partial charge is 0.108 e. The Morgan fingerprint density at radius 1 is 1.33 bits per heavy atom. The maximum atomic E-state index is 5.10. The molecule has 0 spiro atoms. The Hall–Kier alpha value is -0.570. The Balaban J connectivity index is 1.97. The highest BCUT2D eigenvalue weighted by molar-refractivity contribution is 7.99. The van der Waals surface area contributed by atoms with E-state index in [4.69, 9.17) is 4.74 Å². The van der Waals surface area contributed by atoms with Crippen LogP contribution in [-0.2, 0) is 4.74 Å². The molecule has 2 aliphatic rings. The van der Waals surface area contributed by atoms with E-state index in [2.05, 4.69) is 17.1 Å². The molecule has 0 aromatic rings. The Morgan fingerprint density at radius 3 is 2.83 bits per heavy atom. The van der Waals surface area contributed by atoms with Gasteiger partial charge in [0, 0.05) is 30.3 Å². The Morgan fingerprint density at radius 2 is 2.17 bits per heavy atom. The van der Waals surface area contributed by atoms with Gasteiger partial charge in [-0.2, -0.15) is 11.8 Å². The second-order valence-electron chi connectivity index (χ2n) is 2.86. The Bertz CT molecular complexity index is 207. The zero-order valence-electron chi connectivity index (χ0n) is 7.03. The van der Waals surface area contributed by atoms with Crippen LogP contribution in [0.15, 0.2) is 24.1 Å². The molecule has 2 nitrogen and oxygen atoms in total. The molecule has 12 heavy (non-hydrogen) atoms. The molecule has 2 aliphatic heterocycles. The lowest BCUT2D eigenvalue weighted by molar-refractivity contribution is 0.273. The minimum absolute atomic E-state index is 0.732. The van der Waals surface area contributed by atoms with Gasteiger partial charge in [0.1, 0.15) is 6.61 Å². The first kappa shape index (κ1) is 8.05. The van der Waals surface area contributed by atoms with Gasteiger partial charge < -0.3 is 9.64 Å². The van der Waals surface area contributed by atoms with Crippen molar-refractivity contribution in [3.63, 3.8) is 0 Å². The summed E-state index contributed by atoms with van der Waals surface area (Å²) in [4.78, 5) is 2.43. The highest BCUT2D eigenvalue weighted by Crippen LogP contribution is 2.16. The summed E-state index contributed by atoms with van der Waals surface area (Å²) in [5, 5.41) is 0. The third-order valence-electron chi connectivity index (χ3n) is 2.10. The van der Waals surface area contributed by atoms with Gasteiger partial charge in [-0.1, -0.05) is 0 Å². The molecule has 0 amide bonds. The SMILES string of the molecule is C1=CC(N2CCSCC2)=CCO1. The summed E-state index contributed by atoms with van der Waals surface area (Å²) < 4.78 is 5.10. The van der Waals surface area contributed by atoms with Crippen LogP contribution in [0, 0.1) is 0 Å². The first-order valence-corrected chi connectivity index (χ1v) is 5.43. The molecule has 0 radical (unpaired) electrons. The van der Waals surface area contributed by atoms with Crippen LogP contribution in [0.4, 0.5) is 0 Å². The average molecular weight is 183 g/mol. The molecule has 0 saturated carbocycles. The molecule has 3 heteroatoms. The van der Waals surface area contributed by atoms with E-state index in [0.29, 0.717) is 0 Å². The minimum Gasteiger partial charge on any atom is -0.497 e. The standard InChI is InChI=1S/C9H13NOS/c1-5-11-6-2-9(1)10-3-7-12-8-4-10/h1-2,5H,3-4,6-8H2. The molecular formula is C9H13NOS. The number of nitrogens with zero attached hydrogens (tertiary/aromatic N) is 1. The lowest BCUT2D eigenvalue weighted by Gasteiger charge is -2.30. The number of thioether (sulfide) groups is 1. The maximum Gasteiger partial charge on any atom is 0.108 e. The van der Waals surface area contributed by atoms with E-state index in [9.17, 15) is 0 Å². The predicted molar refractivity (Wildman–Crippen MR) is 52.1 cm³/mol. The number of rotatable bonds is 1. The number of hydrogen-bond donors (Lipinski definition) is 0. The summed E-state index contributed by atoms with van der Waals surface area (Å²) in [6, 6.07) is 0. The van der Waals surface area contributed by atoms with Crippen molar-refractivity contribution in [3.8, 4) is 0 Å². The fourth-order valence-corrected chi connectivity index (χ4v) is 2.33. The molecule has 2 heterocycles. The molecule has 0 aromatic heterocycles. The van der Waals surface area contributed by atoms with Crippen LogP contribution in [0.5, 0.6) is 0 Å². The van der Waals surface area contributed by atoms with E-state index in [1.54, 1.807) is 6.26 Å². The monoisotopic (exact) mass is 183 g/mol. The lowest BCUT2D eigenvalue weighted by atomic mass is 10.3. The van der Waals surface area contributed by atoms with Crippen LogP contribution in [0.3, 0.4) is 0 Å². The predicted octanol–water partition coefficient (Wildman–Crippen LogP) is 1.46. The normalized spacial score (nSPS) is 23.3. The zero-order valence-corrected chi connectivity index (χ0v) is 7.85. The van der Waals surface area contributed by atoms with Crippen molar-refractivity contribution < 1.29 is 4.74 Å². The molecule has 66 valence electrons. The lowest BCUT2D eigenvalue weighted by Crippen LogP contribution is -2.31. The van der Waals surface area contributed by atoms with E-state index >= 15 is 0 Å². The van der Waals surface area contributed by atoms with E-state index < -0.39 is 0 Å². The summed E-state index contributed by atoms with van der Waals surface area (Å²) in [5.74, 6) is 2.51. The van der Waals surface area contributed by atoms with Gasteiger partial charge >= 0.3 is 0 Å². The van der Waals surface area contributed by atoms with Gasteiger partial charge in [0.05, 0.1) is 6.26 Å². The van der Waals surface area contributed by atoms with Crippen LogP contribution in [0.2, 0.25) is 0 Å². The van der Waals surface area contributed by atoms with Crippen LogP contribution in [0.1, 0.15) is 0 Å². The number of ether oxygens (including phenoxy) is 1. The first-order chi connectivity index (χ1) is 5.97. The van der Waals surface area contributed by atoms with Crippen LogP contribution < -0.4 is 0 Å². The van der Waals surface area contributed by atoms with Crippen LogP contribution in [0.25, 0.3) is 0 Å². The van der Waals surface area contributed by atoms with E-state index in [-0.39, 0.29) is 0 Å². The highest BCUT2D eigenvalue weighted by Gasteiger charge is 2.12. The number of hydrogen-bond acceptors (Lipinski definition) is 3. The van der Waals surface area contributed by atoms with Gasteiger partial charge in [-0.3, -0.25) is 0 Å². The summed E-state index contributed by atoms with van der Waals surface area (Å²) in [6.45, 7) is 3.09. The zero-order chi connectivity index (χ0) is 8.23. The quantitative estimate of drug-likeness (QED) is 0.610. The van der Waals surface area contributed by atoms with Crippen molar-refractivity contribution in [1.29, 1.82) is 0 Å². The average Bonchev–Trinajstić information content (AvgIpc) is 2.21. The topological polar surface area (TPSA) is 12.5 Å². The van der Waals surface area contributed by atoms with E-state index in [1.807, 2.05) is 11.8 Å². The van der Waals surface area contributed by atoms with E-state index in [1.165, 1.54) is 30.3 Å². The molecule has 0 atom stereocenters. The molecule has 0 unspecified atom stereocenters. The second-order valence-corrected chi connectivity index (χ2v) is 4.09. The summed E-state index contributed by atoms with van der Waals surface area (Å²) in [5.41, 5.74) is 1.33.